The Balaban J connectivity index is 1.36. The number of rotatable bonds is 7. The Morgan fingerprint density at radius 1 is 1.03 bits per heavy atom. The van der Waals surface area contributed by atoms with Crippen LogP contribution in [0.5, 0.6) is 0 Å². The van der Waals surface area contributed by atoms with Gasteiger partial charge in [-0.05, 0) is 37.6 Å². The molecule has 0 atom stereocenters. The van der Waals surface area contributed by atoms with Crippen LogP contribution in [0.1, 0.15) is 30.0 Å². The lowest BCUT2D eigenvalue weighted by molar-refractivity contribution is 0.311. The van der Waals surface area contributed by atoms with Crippen LogP contribution in [-0.2, 0) is 6.54 Å². The zero-order valence-corrected chi connectivity index (χ0v) is 17.5. The molecule has 31 heavy (non-hydrogen) atoms. The van der Waals surface area contributed by atoms with Gasteiger partial charge >= 0.3 is 0 Å². The second-order valence-electron chi connectivity index (χ2n) is 8.16. The minimum Gasteiger partial charge on any atom is -0.350 e. The van der Waals surface area contributed by atoms with E-state index in [1.807, 2.05) is 6.07 Å². The zero-order chi connectivity index (χ0) is 21.2. The molecule has 1 aliphatic carbocycles. The topological polar surface area (TPSA) is 97.9 Å². The first-order valence-corrected chi connectivity index (χ1v) is 10.6. The number of benzene rings is 1. The second kappa shape index (κ2) is 8.46. The molecule has 5 rings (SSSR count). The van der Waals surface area contributed by atoms with Gasteiger partial charge in [0.25, 0.3) is 0 Å². The van der Waals surface area contributed by atoms with Crippen LogP contribution in [0, 0.1) is 5.82 Å². The molecule has 0 bridgehead atoms. The van der Waals surface area contributed by atoms with Crippen LogP contribution in [0.25, 0.3) is 0 Å². The van der Waals surface area contributed by atoms with Crippen molar-refractivity contribution in [3.8, 4) is 0 Å². The molecule has 2 aromatic heterocycles. The summed E-state index contributed by atoms with van der Waals surface area (Å²) in [6.07, 6.45) is 2.41. The summed E-state index contributed by atoms with van der Waals surface area (Å²) in [6.45, 7) is 4.10. The Hall–Kier alpha value is -3.27. The third-order valence-electron chi connectivity index (χ3n) is 5.63. The summed E-state index contributed by atoms with van der Waals surface area (Å²) >= 11 is 0. The summed E-state index contributed by atoms with van der Waals surface area (Å²) < 4.78 is 13.2. The van der Waals surface area contributed by atoms with E-state index in [1.165, 1.54) is 25.0 Å². The second-order valence-corrected chi connectivity index (χ2v) is 8.16. The lowest BCUT2D eigenvalue weighted by atomic mass is 10.2. The zero-order valence-electron chi connectivity index (χ0n) is 17.5. The van der Waals surface area contributed by atoms with E-state index in [4.69, 9.17) is 0 Å². The van der Waals surface area contributed by atoms with Gasteiger partial charge in [0.1, 0.15) is 5.82 Å². The highest BCUT2D eigenvalue weighted by Crippen LogP contribution is 2.39. The van der Waals surface area contributed by atoms with Gasteiger partial charge in [-0.1, -0.05) is 12.1 Å². The van der Waals surface area contributed by atoms with Gasteiger partial charge in [0.2, 0.25) is 17.8 Å². The van der Waals surface area contributed by atoms with Crippen LogP contribution in [0.2, 0.25) is 0 Å². The Kier molecular flexibility index (Phi) is 5.37. The summed E-state index contributed by atoms with van der Waals surface area (Å²) in [6, 6.07) is 8.40. The molecule has 162 valence electrons. The van der Waals surface area contributed by atoms with E-state index in [0.29, 0.717) is 36.1 Å². The number of halogens is 1. The van der Waals surface area contributed by atoms with Crippen molar-refractivity contribution in [1.29, 1.82) is 0 Å². The highest BCUT2D eigenvalue weighted by atomic mass is 19.1. The monoisotopic (exact) mass is 423 g/mol. The SMILES string of the molecule is CN1CCN(c2nc(NCc3ccc(F)cc3)nc(Nc3cc(C4CC4)[nH]n3)n2)CC1. The first-order valence-electron chi connectivity index (χ1n) is 10.6. The summed E-state index contributed by atoms with van der Waals surface area (Å²) in [5, 5.41) is 13.9. The fourth-order valence-corrected chi connectivity index (χ4v) is 3.55. The molecule has 1 saturated carbocycles. The molecule has 3 N–H and O–H groups in total. The molecule has 2 fully saturated rings. The molecule has 10 heteroatoms. The summed E-state index contributed by atoms with van der Waals surface area (Å²) in [7, 11) is 2.11. The number of hydrogen-bond acceptors (Lipinski definition) is 8. The predicted octanol–water partition coefficient (Wildman–Crippen LogP) is 2.72. The number of nitrogens with one attached hydrogen (secondary N) is 3. The molecule has 9 nitrogen and oxygen atoms in total. The van der Waals surface area contributed by atoms with Gasteiger partial charge in [-0.3, -0.25) is 5.10 Å². The Morgan fingerprint density at radius 3 is 2.52 bits per heavy atom. The van der Waals surface area contributed by atoms with Crippen LogP contribution < -0.4 is 15.5 Å². The maximum atomic E-state index is 13.2. The smallest absolute Gasteiger partial charge is 0.235 e. The van der Waals surface area contributed by atoms with Crippen molar-refractivity contribution in [1.82, 2.24) is 30.0 Å². The molecule has 1 aliphatic heterocycles. The average Bonchev–Trinajstić information content (AvgIpc) is 3.53. The van der Waals surface area contributed by atoms with Crippen molar-refractivity contribution < 1.29 is 4.39 Å². The Morgan fingerprint density at radius 2 is 1.77 bits per heavy atom. The van der Waals surface area contributed by atoms with E-state index >= 15 is 0 Å². The van der Waals surface area contributed by atoms with Crippen LogP contribution in [0.3, 0.4) is 0 Å². The molecule has 1 aromatic carbocycles. The summed E-state index contributed by atoms with van der Waals surface area (Å²) in [5.74, 6) is 2.58. The molecule has 3 heterocycles. The molecular formula is C21H26FN9. The van der Waals surface area contributed by atoms with Gasteiger partial charge in [0, 0.05) is 50.4 Å². The fourth-order valence-electron chi connectivity index (χ4n) is 3.55. The molecule has 0 amide bonds. The first-order chi connectivity index (χ1) is 15.1. The van der Waals surface area contributed by atoms with Crippen LogP contribution in [0.15, 0.2) is 30.3 Å². The summed E-state index contributed by atoms with van der Waals surface area (Å²) in [5.41, 5.74) is 2.09. The van der Waals surface area contributed by atoms with Crippen molar-refractivity contribution in [3.05, 3.63) is 47.4 Å². The van der Waals surface area contributed by atoms with E-state index < -0.39 is 0 Å². The minimum atomic E-state index is -0.252. The fraction of sp³-hybridized carbons (Fsp3) is 0.429. The van der Waals surface area contributed by atoms with Crippen molar-refractivity contribution in [2.24, 2.45) is 0 Å². The highest BCUT2D eigenvalue weighted by Gasteiger charge is 2.26. The number of aromatic amines is 1. The van der Waals surface area contributed by atoms with Crippen molar-refractivity contribution in [2.75, 3.05) is 48.8 Å². The number of anilines is 4. The van der Waals surface area contributed by atoms with Crippen molar-refractivity contribution >= 4 is 23.7 Å². The molecule has 0 unspecified atom stereocenters. The number of hydrogen-bond donors (Lipinski definition) is 3. The first kappa shape index (κ1) is 19.7. The van der Waals surface area contributed by atoms with Crippen molar-refractivity contribution in [3.63, 3.8) is 0 Å². The van der Waals surface area contributed by atoms with E-state index in [1.54, 1.807) is 12.1 Å². The average molecular weight is 424 g/mol. The van der Waals surface area contributed by atoms with Gasteiger partial charge in [0.15, 0.2) is 5.82 Å². The minimum absolute atomic E-state index is 0.252. The van der Waals surface area contributed by atoms with Crippen LogP contribution >= 0.6 is 0 Å². The van der Waals surface area contributed by atoms with Gasteiger partial charge in [-0.25, -0.2) is 4.39 Å². The molecular weight excluding hydrogens is 397 g/mol. The summed E-state index contributed by atoms with van der Waals surface area (Å²) in [4.78, 5) is 18.3. The van der Waals surface area contributed by atoms with Gasteiger partial charge in [0.05, 0.1) is 0 Å². The van der Waals surface area contributed by atoms with Gasteiger partial charge in [-0.15, -0.1) is 0 Å². The predicted molar refractivity (Wildman–Crippen MR) is 117 cm³/mol. The highest BCUT2D eigenvalue weighted by molar-refractivity contribution is 5.53. The molecule has 2 aliphatic rings. The maximum absolute atomic E-state index is 13.2. The molecule has 0 spiro atoms. The Bertz CT molecular complexity index is 1020. The van der Waals surface area contributed by atoms with Gasteiger partial charge < -0.3 is 20.4 Å². The van der Waals surface area contributed by atoms with Crippen LogP contribution in [-0.4, -0.2) is 63.3 Å². The molecule has 1 saturated heterocycles. The standard InChI is InChI=1S/C21H26FN9/c1-30-8-10-31(11-9-30)21-26-19(23-13-14-2-6-16(22)7-3-14)25-20(27-21)24-18-12-17(28-29-18)15-4-5-15/h2-3,6-7,12,15H,4-5,8-11,13H2,1H3,(H3,23,24,25,26,27,28,29). The Labute approximate surface area is 180 Å². The van der Waals surface area contributed by atoms with E-state index in [-0.39, 0.29) is 5.82 Å². The number of likely N-dealkylation sites (N-methyl/N-ethyl adjacent to an activating group) is 1. The third kappa shape index (κ3) is 4.91. The molecule has 0 radical (unpaired) electrons. The number of piperazine rings is 1. The van der Waals surface area contributed by atoms with Crippen LogP contribution in [0.4, 0.5) is 28.1 Å². The number of nitrogens with zero attached hydrogens (tertiary/aromatic N) is 6. The van der Waals surface area contributed by atoms with E-state index in [0.717, 1.165) is 37.4 Å². The molecule has 3 aromatic rings. The van der Waals surface area contributed by atoms with Crippen molar-refractivity contribution in [2.45, 2.75) is 25.3 Å². The van der Waals surface area contributed by atoms with E-state index in [9.17, 15) is 4.39 Å². The third-order valence-corrected chi connectivity index (χ3v) is 5.63. The normalized spacial score (nSPS) is 17.0. The van der Waals surface area contributed by atoms with E-state index in [2.05, 4.69) is 52.6 Å². The largest absolute Gasteiger partial charge is 0.350 e. The maximum Gasteiger partial charge on any atom is 0.235 e. The quantitative estimate of drug-likeness (QED) is 0.534. The number of H-pyrrole nitrogens is 1. The number of aromatic nitrogens is 5. The lowest BCUT2D eigenvalue weighted by Crippen LogP contribution is -2.45. The lowest BCUT2D eigenvalue weighted by Gasteiger charge is -2.32. The van der Waals surface area contributed by atoms with Gasteiger partial charge in [-0.2, -0.15) is 20.1 Å².